The number of para-hydroxylation sites is 1. The number of H-pyrrole nitrogens is 1. The Balaban J connectivity index is 1.62. The van der Waals surface area contributed by atoms with Gasteiger partial charge < -0.3 is 19.9 Å². The Morgan fingerprint density at radius 3 is 2.47 bits per heavy atom. The van der Waals surface area contributed by atoms with Crippen molar-refractivity contribution in [1.29, 1.82) is 0 Å². The molecule has 2 unspecified atom stereocenters. The predicted octanol–water partition coefficient (Wildman–Crippen LogP) is 5.86. The van der Waals surface area contributed by atoms with Gasteiger partial charge in [0.1, 0.15) is 0 Å². The van der Waals surface area contributed by atoms with Crippen LogP contribution in [-0.4, -0.2) is 42.0 Å². The fraction of sp³-hybridized carbons (Fsp3) is 0.267. The van der Waals surface area contributed by atoms with Crippen molar-refractivity contribution in [2.45, 2.75) is 31.7 Å². The first-order valence-corrected chi connectivity index (χ1v) is 12.3. The average Bonchev–Trinajstić information content (AvgIpc) is 3.32. The Morgan fingerprint density at radius 1 is 1.00 bits per heavy atom. The van der Waals surface area contributed by atoms with Crippen molar-refractivity contribution in [3.05, 3.63) is 101 Å². The van der Waals surface area contributed by atoms with Crippen molar-refractivity contribution < 1.29 is 14.3 Å². The Morgan fingerprint density at radius 2 is 1.72 bits per heavy atom. The number of hydrogen-bond acceptors (Lipinski definition) is 3. The minimum absolute atomic E-state index is 0.0942. The molecule has 0 saturated carbocycles. The summed E-state index contributed by atoms with van der Waals surface area (Å²) in [5.74, 6) is -0.431. The summed E-state index contributed by atoms with van der Waals surface area (Å²) < 4.78 is 5.35. The topological polar surface area (TPSA) is 74.4 Å². The number of benzene rings is 3. The summed E-state index contributed by atoms with van der Waals surface area (Å²) in [4.78, 5) is 32.9. The number of ether oxygens (including phenoxy) is 1. The molecule has 4 aromatic rings. The third kappa shape index (κ3) is 4.29. The first-order chi connectivity index (χ1) is 17.5. The number of rotatable bonds is 7. The molecule has 184 valence electrons. The van der Waals surface area contributed by atoms with Gasteiger partial charge in [0.05, 0.1) is 18.6 Å². The molecule has 6 heteroatoms. The van der Waals surface area contributed by atoms with Crippen LogP contribution in [0.3, 0.4) is 0 Å². The molecule has 2 atom stereocenters. The minimum Gasteiger partial charge on any atom is -0.383 e. The zero-order chi connectivity index (χ0) is 25.2. The number of aromatic amines is 1. The SMILES string of the molecule is COCCN1C(=O)c2ccccc2C(C(=O)Nc2ccc(C(C)C)cc2)C1c1c[nH]c2ccccc12. The second kappa shape index (κ2) is 9.99. The molecule has 5 rings (SSSR count). The van der Waals surface area contributed by atoms with Crippen molar-refractivity contribution >= 4 is 28.4 Å². The Hall–Kier alpha value is -3.90. The molecule has 1 aliphatic heterocycles. The van der Waals surface area contributed by atoms with Gasteiger partial charge in [-0.1, -0.05) is 62.4 Å². The normalized spacial score (nSPS) is 17.4. The molecule has 0 radical (unpaired) electrons. The number of hydrogen-bond donors (Lipinski definition) is 2. The molecule has 1 aliphatic rings. The van der Waals surface area contributed by atoms with Crippen LogP contribution in [0.25, 0.3) is 10.9 Å². The molecule has 3 aromatic carbocycles. The molecular formula is C30H31N3O3. The molecule has 2 heterocycles. The lowest BCUT2D eigenvalue weighted by Crippen LogP contribution is -2.47. The van der Waals surface area contributed by atoms with Crippen LogP contribution in [0.2, 0.25) is 0 Å². The molecule has 1 aromatic heterocycles. The number of amides is 2. The highest BCUT2D eigenvalue weighted by Gasteiger charge is 2.44. The van der Waals surface area contributed by atoms with Crippen LogP contribution in [-0.2, 0) is 9.53 Å². The van der Waals surface area contributed by atoms with Crippen LogP contribution in [0.5, 0.6) is 0 Å². The van der Waals surface area contributed by atoms with Crippen LogP contribution in [0.15, 0.2) is 79.0 Å². The van der Waals surface area contributed by atoms with Crippen molar-refractivity contribution in [2.75, 3.05) is 25.6 Å². The van der Waals surface area contributed by atoms with Gasteiger partial charge >= 0.3 is 0 Å². The van der Waals surface area contributed by atoms with Gasteiger partial charge in [-0.2, -0.15) is 0 Å². The van der Waals surface area contributed by atoms with Gasteiger partial charge in [-0.25, -0.2) is 0 Å². The highest BCUT2D eigenvalue weighted by atomic mass is 16.5. The van der Waals surface area contributed by atoms with Crippen molar-refractivity contribution in [3.8, 4) is 0 Å². The zero-order valence-electron chi connectivity index (χ0n) is 20.8. The number of methoxy groups -OCH3 is 1. The highest BCUT2D eigenvalue weighted by Crippen LogP contribution is 2.45. The lowest BCUT2D eigenvalue weighted by molar-refractivity contribution is -0.119. The first-order valence-electron chi connectivity index (χ1n) is 12.3. The lowest BCUT2D eigenvalue weighted by atomic mass is 9.79. The fourth-order valence-corrected chi connectivity index (χ4v) is 5.17. The molecule has 0 spiro atoms. The number of nitrogens with one attached hydrogen (secondary N) is 2. The Labute approximate surface area is 211 Å². The standard InChI is InChI=1S/C30H31N3O3/c1-19(2)20-12-14-21(15-13-20)32-29(34)27-23-9-4-5-10-24(23)30(35)33(16-17-36-3)28(27)25-18-31-26-11-7-6-8-22(25)26/h4-15,18-19,27-28,31H,16-17H2,1-3H3,(H,32,34). The van der Waals surface area contributed by atoms with Gasteiger partial charge in [0.15, 0.2) is 0 Å². The second-order valence-electron chi connectivity index (χ2n) is 9.56. The van der Waals surface area contributed by atoms with Gasteiger partial charge in [-0.15, -0.1) is 0 Å². The van der Waals surface area contributed by atoms with E-state index >= 15 is 0 Å². The van der Waals surface area contributed by atoms with Crippen LogP contribution >= 0.6 is 0 Å². The summed E-state index contributed by atoms with van der Waals surface area (Å²) >= 11 is 0. The molecule has 2 amide bonds. The maximum absolute atomic E-state index is 14.0. The van der Waals surface area contributed by atoms with E-state index in [2.05, 4.69) is 24.1 Å². The summed E-state index contributed by atoms with van der Waals surface area (Å²) in [6.07, 6.45) is 1.92. The maximum atomic E-state index is 14.0. The molecule has 0 saturated heterocycles. The highest BCUT2D eigenvalue weighted by molar-refractivity contribution is 6.05. The van der Waals surface area contributed by atoms with Gasteiger partial charge in [0.2, 0.25) is 5.91 Å². The zero-order valence-corrected chi connectivity index (χ0v) is 20.8. The van der Waals surface area contributed by atoms with E-state index < -0.39 is 12.0 Å². The minimum atomic E-state index is -0.597. The Bertz CT molecular complexity index is 1390. The third-order valence-electron chi connectivity index (χ3n) is 7.04. The van der Waals surface area contributed by atoms with Gasteiger partial charge in [0, 0.05) is 47.6 Å². The summed E-state index contributed by atoms with van der Waals surface area (Å²) in [5, 5.41) is 4.13. The smallest absolute Gasteiger partial charge is 0.254 e. The van der Waals surface area contributed by atoms with Crippen molar-refractivity contribution in [2.24, 2.45) is 0 Å². The number of anilines is 1. The van der Waals surface area contributed by atoms with E-state index in [0.717, 1.165) is 27.7 Å². The first kappa shape index (κ1) is 23.8. The molecule has 0 bridgehead atoms. The average molecular weight is 482 g/mol. The van der Waals surface area contributed by atoms with Gasteiger partial charge in [0.25, 0.3) is 5.91 Å². The van der Waals surface area contributed by atoms with E-state index in [-0.39, 0.29) is 11.8 Å². The van der Waals surface area contributed by atoms with E-state index in [0.29, 0.717) is 24.6 Å². The molecule has 2 N–H and O–H groups in total. The fourth-order valence-electron chi connectivity index (χ4n) is 5.17. The molecule has 6 nitrogen and oxygen atoms in total. The summed E-state index contributed by atoms with van der Waals surface area (Å²) in [6, 6.07) is 22.9. The molecule has 0 aliphatic carbocycles. The largest absolute Gasteiger partial charge is 0.383 e. The van der Waals surface area contributed by atoms with E-state index in [4.69, 9.17) is 4.74 Å². The van der Waals surface area contributed by atoms with Gasteiger partial charge in [-0.05, 0) is 41.3 Å². The number of carbonyl (C=O) groups is 2. The van der Waals surface area contributed by atoms with Crippen LogP contribution in [0, 0.1) is 0 Å². The maximum Gasteiger partial charge on any atom is 0.254 e. The molecule has 36 heavy (non-hydrogen) atoms. The number of carbonyl (C=O) groups excluding carboxylic acids is 2. The van der Waals surface area contributed by atoms with Crippen LogP contribution in [0.1, 0.15) is 58.8 Å². The third-order valence-corrected chi connectivity index (χ3v) is 7.04. The van der Waals surface area contributed by atoms with E-state index in [1.54, 1.807) is 18.1 Å². The second-order valence-corrected chi connectivity index (χ2v) is 9.56. The van der Waals surface area contributed by atoms with Crippen LogP contribution in [0.4, 0.5) is 5.69 Å². The quantitative estimate of drug-likeness (QED) is 0.347. The number of aromatic nitrogens is 1. The predicted molar refractivity (Wildman–Crippen MR) is 142 cm³/mol. The summed E-state index contributed by atoms with van der Waals surface area (Å²) in [5.41, 5.74) is 5.13. The van der Waals surface area contributed by atoms with E-state index in [1.807, 2.05) is 72.9 Å². The Kier molecular flexibility index (Phi) is 6.61. The molecular weight excluding hydrogens is 450 g/mol. The van der Waals surface area contributed by atoms with Crippen molar-refractivity contribution in [1.82, 2.24) is 9.88 Å². The van der Waals surface area contributed by atoms with E-state index in [1.165, 1.54) is 5.56 Å². The van der Waals surface area contributed by atoms with E-state index in [9.17, 15) is 9.59 Å². The number of fused-ring (bicyclic) bond motifs is 2. The van der Waals surface area contributed by atoms with Crippen molar-refractivity contribution in [3.63, 3.8) is 0 Å². The monoisotopic (exact) mass is 481 g/mol. The molecule has 0 fully saturated rings. The lowest BCUT2D eigenvalue weighted by Gasteiger charge is -2.41. The summed E-state index contributed by atoms with van der Waals surface area (Å²) in [7, 11) is 1.62. The summed E-state index contributed by atoms with van der Waals surface area (Å²) in [6.45, 7) is 5.03. The van der Waals surface area contributed by atoms with Gasteiger partial charge in [-0.3, -0.25) is 9.59 Å². The number of nitrogens with zero attached hydrogens (tertiary/aromatic N) is 1. The van der Waals surface area contributed by atoms with Crippen LogP contribution < -0.4 is 5.32 Å².